The van der Waals surface area contributed by atoms with Gasteiger partial charge in [0.1, 0.15) is 22.8 Å². The molecule has 8 N–H and O–H groups in total. The zero-order valence-corrected chi connectivity index (χ0v) is 17.2. The van der Waals surface area contributed by atoms with E-state index in [1.54, 1.807) is 0 Å². The van der Waals surface area contributed by atoms with Gasteiger partial charge in [0.05, 0.1) is 11.6 Å². The highest BCUT2D eigenvalue weighted by atomic mass is 16.3. The molecule has 4 aliphatic carbocycles. The lowest BCUT2D eigenvalue weighted by atomic mass is 9.57. The maximum atomic E-state index is 13.5. The summed E-state index contributed by atoms with van der Waals surface area (Å²) in [6.07, 6.45) is 3.41. The Labute approximate surface area is 183 Å². The lowest BCUT2D eigenvalue weighted by Crippen LogP contribution is -2.65. The Morgan fingerprint density at radius 1 is 1.09 bits per heavy atom. The molecule has 0 saturated heterocycles. The van der Waals surface area contributed by atoms with E-state index in [2.05, 4.69) is 0 Å². The molecule has 0 bridgehead atoms. The molecule has 0 aromatic heterocycles. The molecule has 168 valence electrons. The first-order valence-electron chi connectivity index (χ1n) is 10.7. The molecule has 0 aliphatic heterocycles. The Morgan fingerprint density at radius 3 is 2.38 bits per heavy atom. The third-order valence-corrected chi connectivity index (χ3v) is 7.72. The second kappa shape index (κ2) is 6.66. The minimum Gasteiger partial charge on any atom is -0.508 e. The van der Waals surface area contributed by atoms with E-state index >= 15 is 0 Å². The summed E-state index contributed by atoms with van der Waals surface area (Å²) >= 11 is 0. The first kappa shape index (κ1) is 20.7. The first-order valence-corrected chi connectivity index (χ1v) is 10.7. The van der Waals surface area contributed by atoms with Crippen molar-refractivity contribution in [2.45, 2.75) is 49.7 Å². The fourth-order valence-corrected chi connectivity index (χ4v) is 5.84. The molecule has 2 fully saturated rings. The van der Waals surface area contributed by atoms with Crippen molar-refractivity contribution >= 4 is 23.2 Å². The number of amides is 1. The molecule has 1 aromatic carbocycles. The molecule has 4 aliphatic rings. The van der Waals surface area contributed by atoms with Crippen LogP contribution in [0.1, 0.15) is 48.3 Å². The van der Waals surface area contributed by atoms with Gasteiger partial charge in [-0.15, -0.1) is 0 Å². The molecule has 2 unspecified atom stereocenters. The van der Waals surface area contributed by atoms with Crippen LogP contribution in [0.5, 0.6) is 5.75 Å². The number of hydrogen-bond acceptors (Lipinski definition) is 8. The summed E-state index contributed by atoms with van der Waals surface area (Å²) < 4.78 is 0. The predicted octanol–water partition coefficient (Wildman–Crippen LogP) is 0.629. The number of primary amides is 1. The number of hydrogen-bond donors (Lipinski definition) is 6. The van der Waals surface area contributed by atoms with Gasteiger partial charge in [0.25, 0.3) is 5.91 Å². The number of Topliss-reactive ketones (excluding diaryl/α,β-unsaturated/α-hetero) is 2. The summed E-state index contributed by atoms with van der Waals surface area (Å²) in [5.41, 5.74) is 9.37. The van der Waals surface area contributed by atoms with Crippen molar-refractivity contribution in [1.82, 2.24) is 0 Å². The average molecular weight is 440 g/mol. The maximum Gasteiger partial charge on any atom is 0.255 e. The normalized spacial score (nSPS) is 32.2. The van der Waals surface area contributed by atoms with Gasteiger partial charge in [0.15, 0.2) is 11.4 Å². The highest BCUT2D eigenvalue weighted by Crippen LogP contribution is 2.53. The van der Waals surface area contributed by atoms with Crippen LogP contribution in [0.15, 0.2) is 29.0 Å². The minimum atomic E-state index is -2.67. The van der Waals surface area contributed by atoms with Crippen LogP contribution in [0.3, 0.4) is 0 Å². The molecular weight excluding hydrogens is 416 g/mol. The largest absolute Gasteiger partial charge is 0.508 e. The number of aliphatic hydroxyl groups is 3. The Hall–Kier alpha value is -3.17. The summed E-state index contributed by atoms with van der Waals surface area (Å²) in [7, 11) is 0. The fourth-order valence-electron chi connectivity index (χ4n) is 5.84. The molecule has 1 amide bonds. The van der Waals surface area contributed by atoms with Crippen LogP contribution in [-0.4, -0.2) is 49.5 Å². The number of carbonyl (C=O) groups is 3. The molecule has 9 nitrogen and oxygen atoms in total. The number of phenolic OH excluding ortho intramolecular Hbond substituents is 1. The van der Waals surface area contributed by atoms with Crippen LogP contribution < -0.4 is 11.5 Å². The van der Waals surface area contributed by atoms with E-state index in [1.165, 1.54) is 6.07 Å². The Morgan fingerprint density at radius 2 is 1.78 bits per heavy atom. The van der Waals surface area contributed by atoms with Crippen molar-refractivity contribution in [3.05, 3.63) is 45.7 Å². The van der Waals surface area contributed by atoms with E-state index in [1.807, 2.05) is 6.07 Å². The van der Waals surface area contributed by atoms with Crippen molar-refractivity contribution in [3.63, 3.8) is 0 Å². The summed E-state index contributed by atoms with van der Waals surface area (Å²) in [5.74, 6) is -6.55. The van der Waals surface area contributed by atoms with Crippen molar-refractivity contribution in [3.8, 4) is 5.75 Å². The quantitative estimate of drug-likeness (QED) is 0.362. The number of aliphatic hydroxyl groups excluding tert-OH is 2. The lowest BCUT2D eigenvalue weighted by molar-refractivity contribution is -0.149. The summed E-state index contributed by atoms with van der Waals surface area (Å²) in [5, 5.41) is 43.5. The number of fused-ring (bicyclic) bond motifs is 3. The third kappa shape index (κ3) is 2.43. The second-order valence-corrected chi connectivity index (χ2v) is 9.23. The number of phenols is 1. The van der Waals surface area contributed by atoms with Gasteiger partial charge in [-0.25, -0.2) is 0 Å². The predicted molar refractivity (Wildman–Crippen MR) is 111 cm³/mol. The standard InChI is InChI=1S/C23H24N2O7/c24-17-12-7-9-6-11-10(8-2-1-3-8)4-5-13(26)15(11)18(27)14(9)20(29)23(12,32)21(30)16(19(17)28)22(25)31/h4-5,8-9,12,17,26-27,30,32H,1-3,6-7,24H2,(H2,25,31)/t9?,12?,17-,23+/m1/s1. The van der Waals surface area contributed by atoms with Gasteiger partial charge in [0.2, 0.25) is 5.78 Å². The van der Waals surface area contributed by atoms with Gasteiger partial charge in [-0.05, 0) is 54.7 Å². The van der Waals surface area contributed by atoms with E-state index in [-0.39, 0.29) is 23.3 Å². The van der Waals surface area contributed by atoms with Crippen LogP contribution in [0.2, 0.25) is 0 Å². The van der Waals surface area contributed by atoms with E-state index in [4.69, 9.17) is 11.5 Å². The van der Waals surface area contributed by atoms with Crippen LogP contribution in [-0.2, 0) is 20.8 Å². The lowest BCUT2D eigenvalue weighted by Gasteiger charge is -2.48. The van der Waals surface area contributed by atoms with Crippen molar-refractivity contribution in [2.24, 2.45) is 23.3 Å². The smallest absolute Gasteiger partial charge is 0.255 e. The third-order valence-electron chi connectivity index (χ3n) is 7.72. The highest BCUT2D eigenvalue weighted by Gasteiger charge is 2.63. The van der Waals surface area contributed by atoms with Gasteiger partial charge in [-0.2, -0.15) is 0 Å². The number of ketones is 2. The van der Waals surface area contributed by atoms with Gasteiger partial charge < -0.3 is 31.9 Å². The topological polar surface area (TPSA) is 184 Å². The van der Waals surface area contributed by atoms with Crippen molar-refractivity contribution in [2.75, 3.05) is 0 Å². The number of rotatable bonds is 2. The monoisotopic (exact) mass is 440 g/mol. The summed E-state index contributed by atoms with van der Waals surface area (Å²) in [6, 6.07) is 1.88. The van der Waals surface area contributed by atoms with E-state index in [0.717, 1.165) is 30.4 Å². The van der Waals surface area contributed by atoms with Gasteiger partial charge >= 0.3 is 0 Å². The number of aromatic hydroxyl groups is 1. The zero-order chi connectivity index (χ0) is 23.1. The highest BCUT2D eigenvalue weighted by molar-refractivity contribution is 6.24. The molecular formula is C23H24N2O7. The van der Waals surface area contributed by atoms with Gasteiger partial charge in [0, 0.05) is 11.5 Å². The molecule has 0 heterocycles. The maximum absolute atomic E-state index is 13.5. The van der Waals surface area contributed by atoms with Gasteiger partial charge in [-0.3, -0.25) is 14.4 Å². The van der Waals surface area contributed by atoms with Crippen LogP contribution in [0.25, 0.3) is 5.76 Å². The first-order chi connectivity index (χ1) is 15.1. The average Bonchev–Trinajstić information content (AvgIpc) is 2.69. The van der Waals surface area contributed by atoms with E-state index < -0.39 is 58.0 Å². The van der Waals surface area contributed by atoms with E-state index in [0.29, 0.717) is 12.3 Å². The molecule has 5 rings (SSSR count). The van der Waals surface area contributed by atoms with Crippen molar-refractivity contribution < 1.29 is 34.8 Å². The number of benzene rings is 1. The fraction of sp³-hybridized carbons (Fsp3) is 0.435. The minimum absolute atomic E-state index is 0.0177. The molecule has 32 heavy (non-hydrogen) atoms. The van der Waals surface area contributed by atoms with E-state index in [9.17, 15) is 34.8 Å². The number of nitrogens with two attached hydrogens (primary N) is 2. The Bertz CT molecular complexity index is 1160. The van der Waals surface area contributed by atoms with Crippen LogP contribution in [0.4, 0.5) is 0 Å². The molecule has 0 radical (unpaired) electrons. The van der Waals surface area contributed by atoms with Crippen molar-refractivity contribution in [1.29, 1.82) is 0 Å². The summed E-state index contributed by atoms with van der Waals surface area (Å²) in [6.45, 7) is 0. The van der Waals surface area contributed by atoms with Crippen LogP contribution >= 0.6 is 0 Å². The SMILES string of the molecule is NC(=O)C1=C(O)[C@@]2(O)C(=O)C3=C(O)c4c(O)ccc(C5CCC5)c4CC3CC2[C@@H](N)C1=O. The molecule has 1 aromatic rings. The van der Waals surface area contributed by atoms with Crippen LogP contribution in [0, 0.1) is 11.8 Å². The Balaban J connectivity index is 1.71. The summed E-state index contributed by atoms with van der Waals surface area (Å²) in [4.78, 5) is 37.8. The molecule has 4 atom stereocenters. The number of carbonyl (C=O) groups excluding carboxylic acids is 3. The molecule has 0 spiro atoms. The molecule has 9 heteroatoms. The Kier molecular flexibility index (Phi) is 4.31. The zero-order valence-electron chi connectivity index (χ0n) is 17.2. The second-order valence-electron chi connectivity index (χ2n) is 9.23. The molecule has 2 saturated carbocycles. The van der Waals surface area contributed by atoms with Gasteiger partial charge in [-0.1, -0.05) is 12.5 Å².